The van der Waals surface area contributed by atoms with E-state index in [4.69, 9.17) is 14.7 Å². The number of para-hydroxylation sites is 1. The normalized spacial score (nSPS) is 11.7. The fraction of sp³-hybridized carbons (Fsp3) is 0. The van der Waals surface area contributed by atoms with Crippen LogP contribution in [0.1, 0.15) is 0 Å². The molecule has 0 saturated carbocycles. The standard InChI is InChI=1S/C42H26N2O/c1-3-10-27(11-4-1)31-24-37(28-12-5-2-6-13-28)44-38(25-31)30-19-18-29-23-39(43-26-32(29)22-30)33-20-21-41-42-35(33)15-9-16-36(42)34-14-7-8-17-40(34)45-41/h1-26H. The maximum Gasteiger partial charge on any atom is 0.135 e. The van der Waals surface area contributed by atoms with Gasteiger partial charge < -0.3 is 4.74 Å². The maximum atomic E-state index is 6.31. The molecule has 0 fully saturated rings. The van der Waals surface area contributed by atoms with Crippen LogP contribution in [-0.2, 0) is 0 Å². The molecule has 0 bridgehead atoms. The van der Waals surface area contributed by atoms with Crippen LogP contribution in [0, 0.1) is 0 Å². The molecule has 1 aliphatic heterocycles. The molecule has 3 nitrogen and oxygen atoms in total. The second-order valence-electron chi connectivity index (χ2n) is 11.4. The van der Waals surface area contributed by atoms with Crippen LogP contribution in [0.2, 0.25) is 0 Å². The third-order valence-corrected chi connectivity index (χ3v) is 8.70. The van der Waals surface area contributed by atoms with E-state index in [1.807, 2.05) is 30.5 Å². The number of nitrogens with zero attached hydrogens (tertiary/aromatic N) is 2. The van der Waals surface area contributed by atoms with Gasteiger partial charge in [0, 0.05) is 39.2 Å². The van der Waals surface area contributed by atoms with Crippen LogP contribution in [0.25, 0.3) is 77.6 Å². The van der Waals surface area contributed by atoms with Crippen LogP contribution in [-0.4, -0.2) is 9.97 Å². The van der Waals surface area contributed by atoms with Gasteiger partial charge in [0.1, 0.15) is 11.5 Å². The molecule has 0 N–H and O–H groups in total. The number of hydrogen-bond donors (Lipinski definition) is 0. The molecule has 8 aromatic rings. The summed E-state index contributed by atoms with van der Waals surface area (Å²) in [5.74, 6) is 1.78. The summed E-state index contributed by atoms with van der Waals surface area (Å²) in [4.78, 5) is 10.1. The van der Waals surface area contributed by atoms with Gasteiger partial charge in [0.2, 0.25) is 0 Å². The molecule has 0 atom stereocenters. The van der Waals surface area contributed by atoms with Crippen molar-refractivity contribution >= 4 is 21.5 Å². The minimum Gasteiger partial charge on any atom is -0.456 e. The molecule has 0 radical (unpaired) electrons. The lowest BCUT2D eigenvalue weighted by molar-refractivity contribution is 0.487. The highest BCUT2D eigenvalue weighted by Crippen LogP contribution is 2.48. The van der Waals surface area contributed by atoms with E-state index in [1.165, 1.54) is 11.1 Å². The quantitative estimate of drug-likeness (QED) is 0.210. The summed E-state index contributed by atoms with van der Waals surface area (Å²) in [6.45, 7) is 0. The van der Waals surface area contributed by atoms with E-state index in [2.05, 4.69) is 127 Å². The highest BCUT2D eigenvalue weighted by Gasteiger charge is 2.21. The smallest absolute Gasteiger partial charge is 0.135 e. The van der Waals surface area contributed by atoms with Gasteiger partial charge in [-0.3, -0.25) is 4.98 Å². The first-order valence-electron chi connectivity index (χ1n) is 15.1. The average molecular weight is 575 g/mol. The van der Waals surface area contributed by atoms with E-state index in [9.17, 15) is 0 Å². The van der Waals surface area contributed by atoms with Crippen molar-refractivity contribution in [2.45, 2.75) is 0 Å². The first-order valence-corrected chi connectivity index (χ1v) is 15.1. The second kappa shape index (κ2) is 10.3. The van der Waals surface area contributed by atoms with E-state index >= 15 is 0 Å². The molecule has 3 heteroatoms. The lowest BCUT2D eigenvalue weighted by atomic mass is 9.91. The molecular formula is C42H26N2O. The van der Waals surface area contributed by atoms with Gasteiger partial charge in [-0.05, 0) is 69.9 Å². The average Bonchev–Trinajstić information content (AvgIpc) is 3.12. The summed E-state index contributed by atoms with van der Waals surface area (Å²) in [6, 6.07) is 52.8. The van der Waals surface area contributed by atoms with E-state index in [0.29, 0.717) is 0 Å². The number of pyridine rings is 2. The second-order valence-corrected chi connectivity index (χ2v) is 11.4. The van der Waals surface area contributed by atoms with Gasteiger partial charge in [-0.2, -0.15) is 0 Å². The summed E-state index contributed by atoms with van der Waals surface area (Å²) in [7, 11) is 0. The van der Waals surface area contributed by atoms with Crippen molar-refractivity contribution in [1.29, 1.82) is 0 Å². The lowest BCUT2D eigenvalue weighted by Crippen LogP contribution is -1.98. The number of rotatable bonds is 4. The highest BCUT2D eigenvalue weighted by atomic mass is 16.5. The lowest BCUT2D eigenvalue weighted by Gasteiger charge is -2.22. The van der Waals surface area contributed by atoms with Gasteiger partial charge in [-0.1, -0.05) is 109 Å². The topological polar surface area (TPSA) is 35.0 Å². The van der Waals surface area contributed by atoms with Crippen molar-refractivity contribution in [3.63, 3.8) is 0 Å². The Bertz CT molecular complexity index is 2340. The van der Waals surface area contributed by atoms with E-state index < -0.39 is 0 Å². The molecule has 45 heavy (non-hydrogen) atoms. The van der Waals surface area contributed by atoms with Gasteiger partial charge in [0.15, 0.2) is 0 Å². The molecule has 0 amide bonds. The zero-order chi connectivity index (χ0) is 29.7. The van der Waals surface area contributed by atoms with Crippen molar-refractivity contribution in [2.24, 2.45) is 0 Å². The largest absolute Gasteiger partial charge is 0.456 e. The zero-order valence-corrected chi connectivity index (χ0v) is 24.3. The molecule has 6 aromatic carbocycles. The summed E-state index contributed by atoms with van der Waals surface area (Å²) < 4.78 is 6.31. The van der Waals surface area contributed by atoms with E-state index in [0.717, 1.165) is 77.9 Å². The van der Waals surface area contributed by atoms with Crippen LogP contribution in [0.15, 0.2) is 158 Å². The first-order chi connectivity index (χ1) is 22.3. The van der Waals surface area contributed by atoms with Crippen molar-refractivity contribution in [3.05, 3.63) is 158 Å². The zero-order valence-electron chi connectivity index (χ0n) is 24.3. The van der Waals surface area contributed by atoms with Crippen molar-refractivity contribution in [3.8, 4) is 67.5 Å². The summed E-state index contributed by atoms with van der Waals surface area (Å²) in [6.07, 6.45) is 1.98. The minimum atomic E-state index is 0.883. The molecular weight excluding hydrogens is 548 g/mol. The van der Waals surface area contributed by atoms with Gasteiger partial charge in [-0.25, -0.2) is 4.98 Å². The molecule has 0 saturated heterocycles. The van der Waals surface area contributed by atoms with Gasteiger partial charge in [0.05, 0.1) is 17.1 Å². The summed E-state index contributed by atoms with van der Waals surface area (Å²) >= 11 is 0. The molecule has 210 valence electrons. The molecule has 9 rings (SSSR count). The van der Waals surface area contributed by atoms with Gasteiger partial charge >= 0.3 is 0 Å². The molecule has 0 spiro atoms. The Hall–Kier alpha value is -6.06. The SMILES string of the molecule is c1ccc(-c2cc(-c3ccccc3)nc(-c3ccc4cc(-c5ccc6c7c(cccc57)-c5ccccc5O6)ncc4c3)c2)cc1. The third-order valence-electron chi connectivity index (χ3n) is 8.70. The van der Waals surface area contributed by atoms with Crippen LogP contribution in [0.5, 0.6) is 11.5 Å². The maximum absolute atomic E-state index is 6.31. The Morgan fingerprint density at radius 3 is 1.98 bits per heavy atom. The molecule has 2 aromatic heterocycles. The number of fused-ring (bicyclic) bond motifs is 3. The van der Waals surface area contributed by atoms with Crippen molar-refractivity contribution in [2.75, 3.05) is 0 Å². The predicted octanol–water partition coefficient (Wildman–Crippen LogP) is 11.2. The summed E-state index contributed by atoms with van der Waals surface area (Å²) in [5.41, 5.74) is 10.7. The van der Waals surface area contributed by atoms with Gasteiger partial charge in [0.25, 0.3) is 0 Å². The number of benzene rings is 6. The number of ether oxygens (including phenoxy) is 1. The molecule has 3 heterocycles. The van der Waals surface area contributed by atoms with Gasteiger partial charge in [-0.15, -0.1) is 0 Å². The molecule has 0 aliphatic carbocycles. The van der Waals surface area contributed by atoms with Crippen molar-refractivity contribution in [1.82, 2.24) is 9.97 Å². The minimum absolute atomic E-state index is 0.883. The Labute approximate surface area is 261 Å². The fourth-order valence-corrected chi connectivity index (χ4v) is 6.48. The predicted molar refractivity (Wildman–Crippen MR) is 184 cm³/mol. The van der Waals surface area contributed by atoms with Crippen LogP contribution < -0.4 is 4.74 Å². The third kappa shape index (κ3) is 4.37. The van der Waals surface area contributed by atoms with Crippen molar-refractivity contribution < 1.29 is 4.74 Å². The van der Waals surface area contributed by atoms with Crippen LogP contribution in [0.3, 0.4) is 0 Å². The van der Waals surface area contributed by atoms with E-state index in [-0.39, 0.29) is 0 Å². The fourth-order valence-electron chi connectivity index (χ4n) is 6.48. The number of aromatic nitrogens is 2. The van der Waals surface area contributed by atoms with E-state index in [1.54, 1.807) is 0 Å². The van der Waals surface area contributed by atoms with Crippen LogP contribution >= 0.6 is 0 Å². The molecule has 0 unspecified atom stereocenters. The Morgan fingerprint density at radius 1 is 0.400 bits per heavy atom. The Balaban J connectivity index is 1.14. The summed E-state index contributed by atoms with van der Waals surface area (Å²) in [5, 5.41) is 4.47. The Kier molecular flexibility index (Phi) is 5.82. The first kappa shape index (κ1) is 25.4. The Morgan fingerprint density at radius 2 is 1.13 bits per heavy atom. The number of hydrogen-bond acceptors (Lipinski definition) is 3. The van der Waals surface area contributed by atoms with Crippen LogP contribution in [0.4, 0.5) is 0 Å². The monoisotopic (exact) mass is 574 g/mol. The highest BCUT2D eigenvalue weighted by molar-refractivity contribution is 6.10. The molecule has 1 aliphatic rings.